The Kier molecular flexibility index (Phi) is 5.87. The van der Waals surface area contributed by atoms with Crippen molar-refractivity contribution in [1.82, 2.24) is 10.6 Å². The second-order valence-corrected chi connectivity index (χ2v) is 8.40. The Labute approximate surface area is 127 Å². The molecule has 0 aromatic carbocycles. The molecule has 0 bridgehead atoms. The molecule has 1 saturated carbocycles. The van der Waals surface area contributed by atoms with Gasteiger partial charge in [-0.3, -0.25) is 4.79 Å². The van der Waals surface area contributed by atoms with Gasteiger partial charge in [-0.1, -0.05) is 12.8 Å². The van der Waals surface area contributed by atoms with Gasteiger partial charge in [0, 0.05) is 12.3 Å². The second-order valence-electron chi connectivity index (χ2n) is 6.07. The highest BCUT2D eigenvalue weighted by Crippen LogP contribution is 2.34. The highest BCUT2D eigenvalue weighted by molar-refractivity contribution is 7.92. The third-order valence-corrected chi connectivity index (χ3v) is 6.31. The normalized spacial score (nSPS) is 23.5. The summed E-state index contributed by atoms with van der Waals surface area (Å²) in [6.07, 6.45) is 5.36. The van der Waals surface area contributed by atoms with Gasteiger partial charge in [0.1, 0.15) is 0 Å². The Hall–Kier alpha value is -0.330. The molecule has 1 heterocycles. The molecule has 1 saturated heterocycles. The van der Waals surface area contributed by atoms with Crippen LogP contribution in [-0.2, 0) is 14.6 Å². The molecule has 0 radical (unpaired) electrons. The molecular formula is C13H25ClN2O3S. The molecule has 5 nitrogen and oxygen atoms in total. The van der Waals surface area contributed by atoms with Crippen molar-refractivity contribution in [2.24, 2.45) is 5.92 Å². The van der Waals surface area contributed by atoms with Crippen LogP contribution >= 0.6 is 12.4 Å². The molecule has 0 aromatic heterocycles. The van der Waals surface area contributed by atoms with Gasteiger partial charge in [0.15, 0.2) is 14.6 Å². The SMILES string of the molecule is CC(CC1CC1)NC(=O)C1(S(C)(=O)=O)CCNCC1.Cl. The smallest absolute Gasteiger partial charge is 0.241 e. The van der Waals surface area contributed by atoms with Gasteiger partial charge in [-0.05, 0) is 45.2 Å². The summed E-state index contributed by atoms with van der Waals surface area (Å²) in [6, 6.07) is 0.0634. The molecule has 1 atom stereocenters. The fraction of sp³-hybridized carbons (Fsp3) is 0.923. The summed E-state index contributed by atoms with van der Waals surface area (Å²) in [5, 5.41) is 6.04. The van der Waals surface area contributed by atoms with E-state index in [1.807, 2.05) is 6.92 Å². The zero-order chi connectivity index (χ0) is 14.1. The second kappa shape index (κ2) is 6.62. The number of hydrogen-bond acceptors (Lipinski definition) is 4. The van der Waals surface area contributed by atoms with Crippen LogP contribution in [0.3, 0.4) is 0 Å². The van der Waals surface area contributed by atoms with E-state index in [0.717, 1.165) is 12.3 Å². The highest BCUT2D eigenvalue weighted by Gasteiger charge is 2.48. The third kappa shape index (κ3) is 3.86. The van der Waals surface area contributed by atoms with Crippen molar-refractivity contribution >= 4 is 28.2 Å². The maximum atomic E-state index is 12.5. The van der Waals surface area contributed by atoms with E-state index in [1.54, 1.807) is 0 Å². The van der Waals surface area contributed by atoms with Gasteiger partial charge in [0.05, 0.1) is 0 Å². The Morgan fingerprint density at radius 3 is 2.35 bits per heavy atom. The summed E-state index contributed by atoms with van der Waals surface area (Å²) in [7, 11) is -3.40. The first-order valence-electron chi connectivity index (χ1n) is 7.06. The molecule has 1 unspecified atom stereocenters. The van der Waals surface area contributed by atoms with Crippen LogP contribution in [0.15, 0.2) is 0 Å². The summed E-state index contributed by atoms with van der Waals surface area (Å²) in [5.41, 5.74) is 0. The molecule has 1 aliphatic heterocycles. The number of carbonyl (C=O) groups excluding carboxylic acids is 1. The predicted molar refractivity (Wildman–Crippen MR) is 81.9 cm³/mol. The molecule has 7 heteroatoms. The monoisotopic (exact) mass is 324 g/mol. The number of nitrogens with one attached hydrogen (secondary N) is 2. The Balaban J connectivity index is 0.00000200. The first-order valence-corrected chi connectivity index (χ1v) is 8.95. The average molecular weight is 325 g/mol. The number of halogens is 1. The Bertz CT molecular complexity index is 443. The van der Waals surface area contributed by atoms with Crippen LogP contribution in [-0.4, -0.2) is 44.5 Å². The van der Waals surface area contributed by atoms with Gasteiger partial charge in [-0.2, -0.15) is 0 Å². The predicted octanol–water partition coefficient (Wildman–Crippen LogP) is 0.880. The molecular weight excluding hydrogens is 300 g/mol. The van der Waals surface area contributed by atoms with Crippen LogP contribution in [0.1, 0.15) is 39.0 Å². The maximum absolute atomic E-state index is 12.5. The van der Waals surface area contributed by atoms with Crippen molar-refractivity contribution in [3.8, 4) is 0 Å². The zero-order valence-electron chi connectivity index (χ0n) is 12.1. The van der Waals surface area contributed by atoms with E-state index in [1.165, 1.54) is 19.1 Å². The van der Waals surface area contributed by atoms with Crippen LogP contribution in [0.5, 0.6) is 0 Å². The van der Waals surface area contributed by atoms with Gasteiger partial charge in [-0.25, -0.2) is 8.42 Å². The summed E-state index contributed by atoms with van der Waals surface area (Å²) in [5.74, 6) is 0.419. The standard InChI is InChI=1S/C13H24N2O3S.ClH/c1-10(9-11-3-4-11)15-12(16)13(19(2,17)18)5-7-14-8-6-13;/h10-11,14H,3-9H2,1-2H3,(H,15,16);1H. The minimum Gasteiger partial charge on any atom is -0.352 e. The van der Waals surface area contributed by atoms with Crippen molar-refractivity contribution in [3.05, 3.63) is 0 Å². The van der Waals surface area contributed by atoms with Crippen LogP contribution in [0.4, 0.5) is 0 Å². The van der Waals surface area contributed by atoms with Crippen LogP contribution in [0, 0.1) is 5.92 Å². The van der Waals surface area contributed by atoms with Crippen LogP contribution in [0.2, 0.25) is 0 Å². The topological polar surface area (TPSA) is 75.3 Å². The fourth-order valence-corrected chi connectivity index (χ4v) is 4.21. The minimum atomic E-state index is -3.40. The van der Waals surface area contributed by atoms with Gasteiger partial charge in [-0.15, -0.1) is 12.4 Å². The summed E-state index contributed by atoms with van der Waals surface area (Å²) >= 11 is 0. The first kappa shape index (κ1) is 17.7. The van der Waals surface area contributed by atoms with Crippen molar-refractivity contribution in [2.45, 2.75) is 49.8 Å². The number of carbonyl (C=O) groups is 1. The van der Waals surface area contributed by atoms with Gasteiger partial charge in [0.2, 0.25) is 5.91 Å². The number of rotatable bonds is 5. The molecule has 1 aliphatic carbocycles. The summed E-state index contributed by atoms with van der Waals surface area (Å²) in [6.45, 7) is 3.13. The average Bonchev–Trinajstić information content (AvgIpc) is 3.12. The highest BCUT2D eigenvalue weighted by atomic mass is 35.5. The van der Waals surface area contributed by atoms with E-state index in [9.17, 15) is 13.2 Å². The lowest BCUT2D eigenvalue weighted by Gasteiger charge is -2.35. The van der Waals surface area contributed by atoms with Gasteiger partial charge >= 0.3 is 0 Å². The molecule has 2 rings (SSSR count). The lowest BCUT2D eigenvalue weighted by atomic mass is 9.95. The zero-order valence-corrected chi connectivity index (χ0v) is 13.8. The summed E-state index contributed by atoms with van der Waals surface area (Å²) < 4.78 is 22.9. The van der Waals surface area contributed by atoms with Gasteiger partial charge < -0.3 is 10.6 Å². The Morgan fingerprint density at radius 2 is 1.90 bits per heavy atom. The van der Waals surface area contributed by atoms with E-state index in [-0.39, 0.29) is 24.4 Å². The summed E-state index contributed by atoms with van der Waals surface area (Å²) in [4.78, 5) is 12.5. The number of hydrogen-bond donors (Lipinski definition) is 2. The lowest BCUT2D eigenvalue weighted by Crippen LogP contribution is -2.58. The van der Waals surface area contributed by atoms with Crippen molar-refractivity contribution in [2.75, 3.05) is 19.3 Å². The molecule has 118 valence electrons. The van der Waals surface area contributed by atoms with E-state index in [2.05, 4.69) is 10.6 Å². The first-order chi connectivity index (χ1) is 8.85. The quantitative estimate of drug-likeness (QED) is 0.787. The van der Waals surface area contributed by atoms with Gasteiger partial charge in [0.25, 0.3) is 0 Å². The number of amides is 1. The maximum Gasteiger partial charge on any atom is 0.241 e. The Morgan fingerprint density at radius 1 is 1.35 bits per heavy atom. The van der Waals surface area contributed by atoms with E-state index < -0.39 is 14.6 Å². The van der Waals surface area contributed by atoms with Crippen LogP contribution in [0.25, 0.3) is 0 Å². The van der Waals surface area contributed by atoms with Crippen molar-refractivity contribution < 1.29 is 13.2 Å². The molecule has 2 N–H and O–H groups in total. The number of sulfone groups is 1. The van der Waals surface area contributed by atoms with Crippen molar-refractivity contribution in [3.63, 3.8) is 0 Å². The molecule has 0 aromatic rings. The third-order valence-electron chi connectivity index (χ3n) is 4.30. The molecule has 2 fully saturated rings. The van der Waals surface area contributed by atoms with Crippen molar-refractivity contribution in [1.29, 1.82) is 0 Å². The molecule has 2 aliphatic rings. The molecule has 0 spiro atoms. The fourth-order valence-electron chi connectivity index (χ4n) is 2.86. The largest absolute Gasteiger partial charge is 0.352 e. The lowest BCUT2D eigenvalue weighted by molar-refractivity contribution is -0.125. The van der Waals surface area contributed by atoms with Crippen LogP contribution < -0.4 is 10.6 Å². The van der Waals surface area contributed by atoms with E-state index in [0.29, 0.717) is 25.9 Å². The molecule has 1 amide bonds. The molecule has 20 heavy (non-hydrogen) atoms. The minimum absolute atomic E-state index is 0. The number of piperidine rings is 1. The van der Waals surface area contributed by atoms with E-state index in [4.69, 9.17) is 0 Å². The van der Waals surface area contributed by atoms with E-state index >= 15 is 0 Å².